The van der Waals surface area contributed by atoms with Crippen LogP contribution in [0.1, 0.15) is 6.92 Å². The molecule has 0 aliphatic carbocycles. The molecular weight excluding hydrogens is 320 g/mol. The molecule has 1 aromatic rings. The number of sulfonamides is 2. The Labute approximate surface area is 123 Å². The third kappa shape index (κ3) is 3.93. The number of hydrogen-bond donors (Lipinski definition) is 2. The number of carboxylic acid groups (broad SMARTS) is 1. The van der Waals surface area contributed by atoms with E-state index in [2.05, 4.69) is 4.72 Å². The first-order valence-electron chi connectivity index (χ1n) is 5.75. The van der Waals surface area contributed by atoms with Crippen LogP contribution in [0.15, 0.2) is 29.2 Å². The normalized spacial score (nSPS) is 13.9. The van der Waals surface area contributed by atoms with Crippen molar-refractivity contribution in [3.8, 4) is 0 Å². The van der Waals surface area contributed by atoms with Gasteiger partial charge in [0.05, 0.1) is 4.90 Å². The number of benzene rings is 1. The van der Waals surface area contributed by atoms with Crippen LogP contribution in [-0.2, 0) is 24.8 Å². The van der Waals surface area contributed by atoms with Crippen molar-refractivity contribution in [3.63, 3.8) is 0 Å². The summed E-state index contributed by atoms with van der Waals surface area (Å²) < 4.78 is 50.5. The summed E-state index contributed by atoms with van der Waals surface area (Å²) in [4.78, 5) is 10.6. The van der Waals surface area contributed by atoms with E-state index in [1.807, 2.05) is 0 Å². The maximum Gasteiger partial charge on any atom is 0.323 e. The third-order valence-electron chi connectivity index (χ3n) is 2.69. The van der Waals surface area contributed by atoms with Crippen LogP contribution in [0.2, 0.25) is 0 Å². The number of aliphatic carboxylic acids is 1. The highest BCUT2D eigenvalue weighted by atomic mass is 32.2. The van der Waals surface area contributed by atoms with Gasteiger partial charge < -0.3 is 5.11 Å². The number of anilines is 1. The van der Waals surface area contributed by atoms with E-state index in [0.717, 1.165) is 17.3 Å². The summed E-state index contributed by atoms with van der Waals surface area (Å²) in [6.45, 7) is 1.02. The fraction of sp³-hybridized carbons (Fsp3) is 0.364. The summed E-state index contributed by atoms with van der Waals surface area (Å²) in [5.41, 5.74) is -0.0222. The van der Waals surface area contributed by atoms with Gasteiger partial charge in [-0.1, -0.05) is 6.07 Å². The lowest BCUT2D eigenvalue weighted by atomic mass is 10.3. The van der Waals surface area contributed by atoms with Crippen molar-refractivity contribution in [2.45, 2.75) is 17.1 Å². The lowest BCUT2D eigenvalue weighted by Gasteiger charge is -2.14. The summed E-state index contributed by atoms with van der Waals surface area (Å²) in [5, 5.41) is 7.07. The molecule has 1 aromatic carbocycles. The van der Waals surface area contributed by atoms with Crippen LogP contribution in [0.5, 0.6) is 0 Å². The number of nitrogens with zero attached hydrogens (tertiary/aromatic N) is 1. The smallest absolute Gasteiger partial charge is 0.323 e. The largest absolute Gasteiger partial charge is 0.480 e. The average molecular weight is 336 g/mol. The maximum absolute atomic E-state index is 11.9. The lowest BCUT2D eigenvalue weighted by molar-refractivity contribution is -0.136. The highest BCUT2D eigenvalue weighted by Gasteiger charge is 2.28. The van der Waals surface area contributed by atoms with Crippen molar-refractivity contribution in [1.82, 2.24) is 4.31 Å². The minimum absolute atomic E-state index is 0.0222. The van der Waals surface area contributed by atoms with Gasteiger partial charge in [0.1, 0.15) is 0 Å². The highest BCUT2D eigenvalue weighted by Crippen LogP contribution is 2.19. The summed E-state index contributed by atoms with van der Waals surface area (Å²) >= 11 is 0. The zero-order valence-corrected chi connectivity index (χ0v) is 13.3. The Morgan fingerprint density at radius 2 is 1.81 bits per heavy atom. The molecule has 118 valence electrons. The molecule has 21 heavy (non-hydrogen) atoms. The predicted octanol–water partition coefficient (Wildman–Crippen LogP) is 0.152. The van der Waals surface area contributed by atoms with Crippen molar-refractivity contribution < 1.29 is 26.7 Å². The molecule has 0 spiro atoms. The van der Waals surface area contributed by atoms with Crippen molar-refractivity contribution in [2.24, 2.45) is 0 Å². The van der Waals surface area contributed by atoms with Gasteiger partial charge in [0, 0.05) is 19.8 Å². The van der Waals surface area contributed by atoms with Gasteiger partial charge in [-0.25, -0.2) is 21.1 Å². The standard InChI is InChI=1S/C11H16N2O6S2/c1-8(11(14)15)20(16,17)12-9-5-4-6-10(7-9)21(18,19)13(2)3/h4-8,12H,1-3H3,(H,14,15). The van der Waals surface area contributed by atoms with Crippen LogP contribution in [-0.4, -0.2) is 51.6 Å². The van der Waals surface area contributed by atoms with Gasteiger partial charge in [-0.05, 0) is 25.1 Å². The fourth-order valence-corrected chi connectivity index (χ4v) is 3.16. The minimum atomic E-state index is -4.15. The van der Waals surface area contributed by atoms with Crippen molar-refractivity contribution >= 4 is 31.7 Å². The van der Waals surface area contributed by atoms with Gasteiger partial charge in [-0.2, -0.15) is 0 Å². The lowest BCUT2D eigenvalue weighted by Crippen LogP contribution is -2.32. The molecule has 1 unspecified atom stereocenters. The van der Waals surface area contributed by atoms with E-state index < -0.39 is 31.3 Å². The molecule has 0 aliphatic heterocycles. The predicted molar refractivity (Wildman–Crippen MR) is 77.0 cm³/mol. The molecule has 0 amide bonds. The summed E-state index contributed by atoms with van der Waals surface area (Å²) in [5.74, 6) is -1.50. The summed E-state index contributed by atoms with van der Waals surface area (Å²) in [6.07, 6.45) is 0. The first-order valence-corrected chi connectivity index (χ1v) is 8.74. The molecule has 8 nitrogen and oxygen atoms in total. The van der Waals surface area contributed by atoms with E-state index in [1.165, 1.54) is 32.3 Å². The molecule has 0 fully saturated rings. The van der Waals surface area contributed by atoms with E-state index in [0.29, 0.717) is 0 Å². The first-order chi connectivity index (χ1) is 9.48. The molecule has 1 atom stereocenters. The molecule has 0 heterocycles. The van der Waals surface area contributed by atoms with Gasteiger partial charge in [-0.3, -0.25) is 9.52 Å². The second-order valence-corrected chi connectivity index (χ2v) is 8.60. The van der Waals surface area contributed by atoms with Gasteiger partial charge in [0.2, 0.25) is 20.0 Å². The van der Waals surface area contributed by atoms with E-state index in [-0.39, 0.29) is 10.6 Å². The van der Waals surface area contributed by atoms with Crippen LogP contribution >= 0.6 is 0 Å². The number of nitrogens with one attached hydrogen (secondary N) is 1. The fourth-order valence-electron chi connectivity index (χ4n) is 1.32. The second-order valence-electron chi connectivity index (χ2n) is 4.44. The Morgan fingerprint density at radius 3 is 2.29 bits per heavy atom. The molecule has 0 saturated heterocycles. The monoisotopic (exact) mass is 336 g/mol. The molecule has 0 aliphatic rings. The number of carboxylic acids is 1. The van der Waals surface area contributed by atoms with Gasteiger partial charge in [0.15, 0.2) is 5.25 Å². The highest BCUT2D eigenvalue weighted by molar-refractivity contribution is 7.94. The van der Waals surface area contributed by atoms with Crippen LogP contribution in [0.25, 0.3) is 0 Å². The summed E-state index contributed by atoms with van der Waals surface area (Å²) in [7, 11) is -5.17. The van der Waals surface area contributed by atoms with Crippen molar-refractivity contribution in [2.75, 3.05) is 18.8 Å². The maximum atomic E-state index is 11.9. The zero-order valence-electron chi connectivity index (χ0n) is 11.6. The van der Waals surface area contributed by atoms with Gasteiger partial charge in [0.25, 0.3) is 0 Å². The SMILES string of the molecule is CC(C(=O)O)S(=O)(=O)Nc1cccc(S(=O)(=O)N(C)C)c1. The Balaban J connectivity index is 3.17. The number of hydrogen-bond acceptors (Lipinski definition) is 5. The Kier molecular flexibility index (Phi) is 4.97. The second kappa shape index (κ2) is 6.00. The molecule has 0 saturated carbocycles. The van der Waals surface area contributed by atoms with E-state index in [9.17, 15) is 21.6 Å². The Bertz CT molecular complexity index is 740. The van der Waals surface area contributed by atoms with E-state index in [4.69, 9.17) is 5.11 Å². The van der Waals surface area contributed by atoms with Gasteiger partial charge >= 0.3 is 5.97 Å². The number of carbonyl (C=O) groups is 1. The van der Waals surface area contributed by atoms with Crippen LogP contribution in [0.4, 0.5) is 5.69 Å². The van der Waals surface area contributed by atoms with Crippen LogP contribution < -0.4 is 4.72 Å². The molecular formula is C11H16N2O6S2. The van der Waals surface area contributed by atoms with Crippen LogP contribution in [0.3, 0.4) is 0 Å². The zero-order chi connectivity index (χ0) is 16.4. The Morgan fingerprint density at radius 1 is 1.24 bits per heavy atom. The van der Waals surface area contributed by atoms with E-state index >= 15 is 0 Å². The molecule has 0 radical (unpaired) electrons. The quantitative estimate of drug-likeness (QED) is 0.763. The molecule has 10 heteroatoms. The topological polar surface area (TPSA) is 121 Å². The van der Waals surface area contributed by atoms with Crippen molar-refractivity contribution in [1.29, 1.82) is 0 Å². The molecule has 2 N–H and O–H groups in total. The number of rotatable bonds is 6. The average Bonchev–Trinajstić information content (AvgIpc) is 2.37. The summed E-state index contributed by atoms with van der Waals surface area (Å²) in [6, 6.07) is 5.13. The molecule has 1 rings (SSSR count). The van der Waals surface area contributed by atoms with Gasteiger partial charge in [-0.15, -0.1) is 0 Å². The van der Waals surface area contributed by atoms with E-state index in [1.54, 1.807) is 0 Å². The first kappa shape index (κ1) is 17.4. The Hall–Kier alpha value is -1.65. The minimum Gasteiger partial charge on any atom is -0.480 e. The molecule has 0 aromatic heterocycles. The molecule has 0 bridgehead atoms. The third-order valence-corrected chi connectivity index (χ3v) is 6.15. The van der Waals surface area contributed by atoms with Crippen LogP contribution in [0, 0.1) is 0 Å². The van der Waals surface area contributed by atoms with Crippen molar-refractivity contribution in [3.05, 3.63) is 24.3 Å².